The number of anilines is 6. The Morgan fingerprint density at radius 2 is 0.453 bits per heavy atom. The molecule has 0 N–H and O–H groups in total. The summed E-state index contributed by atoms with van der Waals surface area (Å²) in [5, 5.41) is 0. The van der Waals surface area contributed by atoms with Crippen LogP contribution in [0.25, 0.3) is 112 Å². The maximum absolute atomic E-state index is 5.28. The Labute approximate surface area is 501 Å². The maximum atomic E-state index is 5.28. The van der Waals surface area contributed by atoms with Gasteiger partial charge in [0.25, 0.3) is 0 Å². The number of hydrogen-bond acceptors (Lipinski definition) is 6. The Morgan fingerprint density at radius 1 is 0.198 bits per heavy atom. The van der Waals surface area contributed by atoms with Gasteiger partial charge in [0.1, 0.15) is 0 Å². The molecule has 0 radical (unpaired) electrons. The average molecular weight is 1100 g/mol. The van der Waals surface area contributed by atoms with Crippen molar-refractivity contribution in [1.29, 1.82) is 0 Å². The Bertz CT molecular complexity index is 4300. The average Bonchev–Trinajstić information content (AvgIpc) is 1.28. The van der Waals surface area contributed by atoms with Gasteiger partial charge in [-0.3, -0.25) is 0 Å². The smallest absolute Gasteiger partial charge is 0.160 e. The van der Waals surface area contributed by atoms with E-state index in [9.17, 15) is 0 Å². The molecule has 6 nitrogen and oxygen atoms in total. The Kier molecular flexibility index (Phi) is 13.5. The summed E-state index contributed by atoms with van der Waals surface area (Å²) >= 11 is 0. The lowest BCUT2D eigenvalue weighted by atomic mass is 9.82. The predicted octanol–water partition coefficient (Wildman–Crippen LogP) is 21.2. The second-order valence-corrected chi connectivity index (χ2v) is 21.3. The quantitative estimate of drug-likeness (QED) is 0.122. The summed E-state index contributed by atoms with van der Waals surface area (Å²) < 4.78 is 0. The Balaban J connectivity index is 1.00. The minimum Gasteiger partial charge on any atom is -0.306 e. The SMILES string of the molecule is c1ccc(-c2cc(-c3ccccc3)nc(-c3ccc(-c4c(-c5ccccc5)cc(-c5ccccc5)c(-c5ccc(-c6nc(-c7ccccc7)cc(-c7ccccc7)n6)cc5)c4N4c5ccccc5N(c5ccccc5)c5ccccc54)cc3)n2)cc1. The van der Waals surface area contributed by atoms with Crippen LogP contribution >= 0.6 is 0 Å². The van der Waals surface area contributed by atoms with Gasteiger partial charge >= 0.3 is 0 Å². The van der Waals surface area contributed by atoms with E-state index in [-0.39, 0.29) is 0 Å². The molecule has 404 valence electrons. The van der Waals surface area contributed by atoms with Crippen LogP contribution in [0.1, 0.15) is 0 Å². The van der Waals surface area contributed by atoms with E-state index < -0.39 is 0 Å². The predicted molar refractivity (Wildman–Crippen MR) is 355 cm³/mol. The molecular formula is C80H54N6. The lowest BCUT2D eigenvalue weighted by molar-refractivity contribution is 1.17. The molecule has 2 aromatic heterocycles. The van der Waals surface area contributed by atoms with Crippen LogP contribution in [0.15, 0.2) is 328 Å². The first kappa shape index (κ1) is 51.3. The first-order valence-electron chi connectivity index (χ1n) is 29.0. The summed E-state index contributed by atoms with van der Waals surface area (Å²) in [4.78, 5) is 26.0. The number of benzene rings is 12. The molecule has 14 aromatic rings. The van der Waals surface area contributed by atoms with Gasteiger partial charge in [-0.25, -0.2) is 19.9 Å². The third-order valence-electron chi connectivity index (χ3n) is 16.0. The van der Waals surface area contributed by atoms with E-state index in [1.165, 1.54) is 0 Å². The number of para-hydroxylation sites is 5. The fourth-order valence-electron chi connectivity index (χ4n) is 12.0. The molecule has 1 aliphatic heterocycles. The van der Waals surface area contributed by atoms with Crippen LogP contribution in [0.4, 0.5) is 34.1 Å². The lowest BCUT2D eigenvalue weighted by Gasteiger charge is -2.42. The molecule has 3 heterocycles. The van der Waals surface area contributed by atoms with Crippen molar-refractivity contribution in [3.8, 4) is 112 Å². The van der Waals surface area contributed by atoms with E-state index in [2.05, 4.69) is 313 Å². The molecule has 0 amide bonds. The zero-order valence-corrected chi connectivity index (χ0v) is 46.9. The minimum atomic E-state index is 0.648. The number of rotatable bonds is 12. The van der Waals surface area contributed by atoms with Crippen molar-refractivity contribution in [3.63, 3.8) is 0 Å². The normalized spacial score (nSPS) is 11.7. The van der Waals surface area contributed by atoms with Crippen LogP contribution in [-0.4, -0.2) is 19.9 Å². The molecule has 0 saturated heterocycles. The van der Waals surface area contributed by atoms with Crippen LogP contribution in [0.5, 0.6) is 0 Å². The fourth-order valence-corrected chi connectivity index (χ4v) is 12.0. The van der Waals surface area contributed by atoms with Crippen molar-refractivity contribution in [2.24, 2.45) is 0 Å². The Hall–Kier alpha value is -11.6. The number of hydrogen-bond donors (Lipinski definition) is 0. The van der Waals surface area contributed by atoms with Gasteiger partial charge in [-0.15, -0.1) is 0 Å². The third kappa shape index (κ3) is 9.77. The summed E-state index contributed by atoms with van der Waals surface area (Å²) in [6.07, 6.45) is 0. The summed E-state index contributed by atoms with van der Waals surface area (Å²) in [6, 6.07) is 116. The van der Waals surface area contributed by atoms with Crippen molar-refractivity contribution < 1.29 is 0 Å². The highest BCUT2D eigenvalue weighted by Gasteiger charge is 2.35. The van der Waals surface area contributed by atoms with Crippen molar-refractivity contribution in [1.82, 2.24) is 19.9 Å². The Morgan fingerprint density at radius 3 is 0.767 bits per heavy atom. The number of nitrogens with zero attached hydrogens (tertiary/aromatic N) is 6. The van der Waals surface area contributed by atoms with Gasteiger partial charge in [0.15, 0.2) is 11.6 Å². The van der Waals surface area contributed by atoms with Crippen LogP contribution in [-0.2, 0) is 0 Å². The van der Waals surface area contributed by atoms with E-state index in [1.807, 2.05) is 24.3 Å². The molecule has 0 spiro atoms. The van der Waals surface area contributed by atoms with Gasteiger partial charge in [0, 0.05) is 50.2 Å². The highest BCUT2D eigenvalue weighted by Crippen LogP contribution is 2.60. The second-order valence-electron chi connectivity index (χ2n) is 21.3. The van der Waals surface area contributed by atoms with E-state index >= 15 is 0 Å². The minimum absolute atomic E-state index is 0.648. The van der Waals surface area contributed by atoms with Crippen LogP contribution in [0, 0.1) is 0 Å². The third-order valence-corrected chi connectivity index (χ3v) is 16.0. The molecule has 12 aromatic carbocycles. The first-order chi connectivity index (χ1) is 42.7. The number of aromatic nitrogens is 4. The highest BCUT2D eigenvalue weighted by atomic mass is 15.3. The van der Waals surface area contributed by atoms with Gasteiger partial charge in [0.2, 0.25) is 0 Å². The monoisotopic (exact) mass is 1100 g/mol. The van der Waals surface area contributed by atoms with Crippen LogP contribution in [0.2, 0.25) is 0 Å². The van der Waals surface area contributed by atoms with E-state index in [4.69, 9.17) is 19.9 Å². The van der Waals surface area contributed by atoms with E-state index in [0.717, 1.165) is 135 Å². The zero-order valence-electron chi connectivity index (χ0n) is 46.9. The van der Waals surface area contributed by atoms with Gasteiger partial charge in [0.05, 0.1) is 51.2 Å². The van der Waals surface area contributed by atoms with E-state index in [0.29, 0.717) is 11.6 Å². The first-order valence-corrected chi connectivity index (χ1v) is 29.0. The molecule has 0 aliphatic carbocycles. The molecule has 0 unspecified atom stereocenters. The molecule has 0 atom stereocenters. The van der Waals surface area contributed by atoms with Crippen molar-refractivity contribution >= 4 is 34.1 Å². The second kappa shape index (κ2) is 22.6. The molecule has 1 aliphatic rings. The van der Waals surface area contributed by atoms with Crippen molar-refractivity contribution in [2.45, 2.75) is 0 Å². The standard InChI is InChI=1S/C80H54N6/c1-8-26-55(27-9-1)66-52-67(56-28-10-2-11-29-56)77(62-46-50-64(51-47-62)80-83-70(59-34-16-5-17-35-59)54-71(84-80)60-36-18-6-19-37-60)78(86-74-42-24-22-40-72(74)85(65-38-20-7-21-39-65)73-41-23-25-43-75(73)86)76(66)61-44-48-63(49-45-61)79-81-68(57-30-12-3-13-31-57)53-69(82-79)58-32-14-4-15-33-58/h1-54H. The molecule has 15 rings (SSSR count). The van der Waals surface area contributed by atoms with Gasteiger partial charge in [-0.05, 0) is 88.0 Å². The van der Waals surface area contributed by atoms with E-state index in [1.54, 1.807) is 0 Å². The van der Waals surface area contributed by atoms with Crippen molar-refractivity contribution in [2.75, 3.05) is 9.80 Å². The summed E-state index contributed by atoms with van der Waals surface area (Å²) in [6.45, 7) is 0. The molecule has 0 saturated carbocycles. The number of fused-ring (bicyclic) bond motifs is 2. The largest absolute Gasteiger partial charge is 0.306 e. The molecule has 0 bridgehead atoms. The highest BCUT2D eigenvalue weighted by molar-refractivity contribution is 6.13. The van der Waals surface area contributed by atoms with Gasteiger partial charge in [-0.1, -0.05) is 273 Å². The molecular weight excluding hydrogens is 1040 g/mol. The molecule has 86 heavy (non-hydrogen) atoms. The topological polar surface area (TPSA) is 58.0 Å². The van der Waals surface area contributed by atoms with Crippen LogP contribution < -0.4 is 9.80 Å². The summed E-state index contributed by atoms with van der Waals surface area (Å²) in [5.74, 6) is 1.30. The molecule has 6 heteroatoms. The fraction of sp³-hybridized carbons (Fsp3) is 0. The summed E-state index contributed by atoms with van der Waals surface area (Å²) in [5.41, 5.74) is 24.2. The maximum Gasteiger partial charge on any atom is 0.160 e. The summed E-state index contributed by atoms with van der Waals surface area (Å²) in [7, 11) is 0. The molecule has 0 fully saturated rings. The van der Waals surface area contributed by atoms with Gasteiger partial charge < -0.3 is 9.80 Å². The zero-order chi connectivity index (χ0) is 57.2. The van der Waals surface area contributed by atoms with Crippen LogP contribution in [0.3, 0.4) is 0 Å². The lowest BCUT2D eigenvalue weighted by Crippen LogP contribution is -2.25. The van der Waals surface area contributed by atoms with Gasteiger partial charge in [-0.2, -0.15) is 0 Å². The van der Waals surface area contributed by atoms with Crippen molar-refractivity contribution in [3.05, 3.63) is 328 Å².